The maximum Gasteiger partial charge on any atom is 0.355 e. The Bertz CT molecular complexity index is 847. The summed E-state index contributed by atoms with van der Waals surface area (Å²) in [5, 5.41) is 2.74. The first-order chi connectivity index (χ1) is 12.3. The van der Waals surface area contributed by atoms with Crippen LogP contribution in [0.1, 0.15) is 43.2 Å². The number of nitrogens with one attached hydrogen (secondary N) is 2. The van der Waals surface area contributed by atoms with Crippen molar-refractivity contribution in [3.63, 3.8) is 0 Å². The topological polar surface area (TPSA) is 97.5 Å². The second kappa shape index (κ2) is 7.86. The summed E-state index contributed by atoms with van der Waals surface area (Å²) in [5.41, 5.74) is 3.89. The molecule has 0 aliphatic carbocycles. The summed E-state index contributed by atoms with van der Waals surface area (Å²) in [4.78, 5) is 38.9. The highest BCUT2D eigenvalue weighted by molar-refractivity contribution is 6.00. The normalized spacial score (nSPS) is 10.3. The summed E-state index contributed by atoms with van der Waals surface area (Å²) in [6.07, 6.45) is 0. The number of carbonyl (C=O) groups excluding carboxylic acids is 3. The summed E-state index contributed by atoms with van der Waals surface area (Å²) in [6, 6.07) is 5.66. The van der Waals surface area contributed by atoms with Crippen LogP contribution in [0, 0.1) is 27.7 Å². The van der Waals surface area contributed by atoms with Crippen LogP contribution in [-0.2, 0) is 14.3 Å². The van der Waals surface area contributed by atoms with Gasteiger partial charge in [0, 0.05) is 11.4 Å². The van der Waals surface area contributed by atoms with Gasteiger partial charge in [-0.15, -0.1) is 0 Å². The monoisotopic (exact) mass is 358 g/mol. The minimum Gasteiger partial charge on any atom is -0.465 e. The lowest BCUT2D eigenvalue weighted by atomic mass is 10.1. The van der Waals surface area contributed by atoms with Gasteiger partial charge in [0.05, 0.1) is 12.7 Å². The van der Waals surface area contributed by atoms with E-state index in [0.717, 1.165) is 11.1 Å². The van der Waals surface area contributed by atoms with E-state index in [1.165, 1.54) is 7.11 Å². The SMILES string of the molecule is COC(=O)c1c(C)[nH]c(C(=O)OCC(=O)Nc2c(C)cccc2C)c1C. The highest BCUT2D eigenvalue weighted by Crippen LogP contribution is 2.21. The Morgan fingerprint density at radius 2 is 1.65 bits per heavy atom. The van der Waals surface area contributed by atoms with Gasteiger partial charge in [0.25, 0.3) is 5.91 Å². The van der Waals surface area contributed by atoms with Crippen LogP contribution in [0.25, 0.3) is 0 Å². The van der Waals surface area contributed by atoms with Crippen LogP contribution in [-0.4, -0.2) is 36.5 Å². The van der Waals surface area contributed by atoms with Crippen LogP contribution in [0.5, 0.6) is 0 Å². The number of anilines is 1. The maximum absolute atomic E-state index is 12.2. The number of amides is 1. The van der Waals surface area contributed by atoms with Gasteiger partial charge >= 0.3 is 11.9 Å². The second-order valence-corrected chi connectivity index (χ2v) is 6.01. The third-order valence-electron chi connectivity index (χ3n) is 4.11. The number of benzene rings is 1. The van der Waals surface area contributed by atoms with Crippen molar-refractivity contribution in [2.45, 2.75) is 27.7 Å². The molecule has 7 nitrogen and oxygen atoms in total. The van der Waals surface area contributed by atoms with Crippen LogP contribution in [0.3, 0.4) is 0 Å². The molecule has 0 atom stereocenters. The maximum atomic E-state index is 12.2. The van der Waals surface area contributed by atoms with Crippen molar-refractivity contribution in [2.24, 2.45) is 0 Å². The number of aromatic amines is 1. The summed E-state index contributed by atoms with van der Waals surface area (Å²) in [6.45, 7) is 6.60. The van der Waals surface area contributed by atoms with Gasteiger partial charge in [0.15, 0.2) is 6.61 Å². The van der Waals surface area contributed by atoms with Crippen molar-refractivity contribution < 1.29 is 23.9 Å². The van der Waals surface area contributed by atoms with E-state index in [9.17, 15) is 14.4 Å². The van der Waals surface area contributed by atoms with Gasteiger partial charge in [0.2, 0.25) is 0 Å². The first-order valence-corrected chi connectivity index (χ1v) is 8.07. The number of carbonyl (C=O) groups is 3. The van der Waals surface area contributed by atoms with E-state index in [4.69, 9.17) is 9.47 Å². The zero-order valence-corrected chi connectivity index (χ0v) is 15.5. The number of hydrogen-bond acceptors (Lipinski definition) is 5. The van der Waals surface area contributed by atoms with E-state index in [-0.39, 0.29) is 5.69 Å². The molecule has 26 heavy (non-hydrogen) atoms. The smallest absolute Gasteiger partial charge is 0.355 e. The fourth-order valence-corrected chi connectivity index (χ4v) is 2.75. The first kappa shape index (κ1) is 19.2. The molecule has 1 heterocycles. The van der Waals surface area contributed by atoms with Crippen molar-refractivity contribution >= 4 is 23.5 Å². The predicted octanol–water partition coefficient (Wildman–Crippen LogP) is 2.83. The van der Waals surface area contributed by atoms with E-state index < -0.39 is 24.5 Å². The van der Waals surface area contributed by atoms with Gasteiger partial charge in [0.1, 0.15) is 5.69 Å². The van der Waals surface area contributed by atoms with Crippen LogP contribution in [0.4, 0.5) is 5.69 Å². The lowest BCUT2D eigenvalue weighted by Gasteiger charge is -2.11. The number of para-hydroxylation sites is 1. The number of aromatic nitrogens is 1. The minimum atomic E-state index is -0.711. The summed E-state index contributed by atoms with van der Waals surface area (Å²) >= 11 is 0. The Kier molecular flexibility index (Phi) is 5.82. The molecule has 0 unspecified atom stereocenters. The van der Waals surface area contributed by atoms with Crippen LogP contribution in [0.15, 0.2) is 18.2 Å². The van der Waals surface area contributed by atoms with E-state index in [0.29, 0.717) is 22.5 Å². The van der Waals surface area contributed by atoms with Crippen molar-refractivity contribution in [1.29, 1.82) is 0 Å². The standard InChI is InChI=1S/C19H22N2O5/c1-10-7-6-8-11(2)16(10)21-14(22)9-26-19(24)17-12(3)15(13(4)20-17)18(23)25-5/h6-8,20H,9H2,1-5H3,(H,21,22). The molecule has 0 radical (unpaired) electrons. The Morgan fingerprint density at radius 3 is 2.23 bits per heavy atom. The lowest BCUT2D eigenvalue weighted by Crippen LogP contribution is -2.22. The van der Waals surface area contributed by atoms with Crippen LogP contribution in [0.2, 0.25) is 0 Å². The van der Waals surface area contributed by atoms with Crippen molar-refractivity contribution in [3.05, 3.63) is 51.8 Å². The molecule has 0 aliphatic heterocycles. The third kappa shape index (κ3) is 3.93. The third-order valence-corrected chi connectivity index (χ3v) is 4.11. The van der Waals surface area contributed by atoms with Crippen molar-refractivity contribution in [1.82, 2.24) is 4.98 Å². The highest BCUT2D eigenvalue weighted by Gasteiger charge is 2.23. The zero-order valence-electron chi connectivity index (χ0n) is 15.5. The Labute approximate surface area is 151 Å². The van der Waals surface area contributed by atoms with E-state index in [1.807, 2.05) is 32.0 Å². The Morgan fingerprint density at radius 1 is 1.04 bits per heavy atom. The summed E-state index contributed by atoms with van der Waals surface area (Å²) in [5.74, 6) is -1.69. The molecular formula is C19H22N2O5. The van der Waals surface area contributed by atoms with Crippen molar-refractivity contribution in [3.8, 4) is 0 Å². The highest BCUT2D eigenvalue weighted by atomic mass is 16.5. The fraction of sp³-hybridized carbons (Fsp3) is 0.316. The van der Waals surface area contributed by atoms with E-state index in [1.54, 1.807) is 13.8 Å². The van der Waals surface area contributed by atoms with Crippen LogP contribution >= 0.6 is 0 Å². The van der Waals surface area contributed by atoms with E-state index >= 15 is 0 Å². The first-order valence-electron chi connectivity index (χ1n) is 8.07. The van der Waals surface area contributed by atoms with Gasteiger partial charge in [-0.25, -0.2) is 9.59 Å². The lowest BCUT2D eigenvalue weighted by molar-refractivity contribution is -0.119. The molecule has 0 fully saturated rings. The number of esters is 2. The Balaban J connectivity index is 2.05. The molecular weight excluding hydrogens is 336 g/mol. The molecule has 0 saturated carbocycles. The minimum absolute atomic E-state index is 0.128. The number of H-pyrrole nitrogens is 1. The molecule has 7 heteroatoms. The average Bonchev–Trinajstić information content (AvgIpc) is 2.90. The molecule has 1 aromatic heterocycles. The molecule has 1 amide bonds. The van der Waals surface area contributed by atoms with Crippen LogP contribution < -0.4 is 5.32 Å². The van der Waals surface area contributed by atoms with E-state index in [2.05, 4.69) is 10.3 Å². The number of ether oxygens (including phenoxy) is 2. The van der Waals surface area contributed by atoms with Gasteiger partial charge in [-0.3, -0.25) is 4.79 Å². The molecule has 1 aromatic carbocycles. The van der Waals surface area contributed by atoms with Gasteiger partial charge < -0.3 is 19.8 Å². The predicted molar refractivity (Wildman–Crippen MR) is 96.4 cm³/mol. The summed E-state index contributed by atoms with van der Waals surface area (Å²) in [7, 11) is 1.27. The molecule has 0 bridgehead atoms. The quantitative estimate of drug-likeness (QED) is 0.801. The number of aryl methyl sites for hydroxylation is 3. The molecule has 2 rings (SSSR count). The number of methoxy groups -OCH3 is 1. The molecule has 2 N–H and O–H groups in total. The van der Waals surface area contributed by atoms with Gasteiger partial charge in [-0.05, 0) is 44.4 Å². The average molecular weight is 358 g/mol. The molecule has 0 saturated heterocycles. The molecule has 0 aliphatic rings. The molecule has 138 valence electrons. The number of rotatable bonds is 5. The Hall–Kier alpha value is -3.09. The fourth-order valence-electron chi connectivity index (χ4n) is 2.75. The summed E-state index contributed by atoms with van der Waals surface area (Å²) < 4.78 is 9.77. The molecule has 2 aromatic rings. The zero-order chi connectivity index (χ0) is 19.4. The second-order valence-electron chi connectivity index (χ2n) is 6.01. The number of hydrogen-bond donors (Lipinski definition) is 2. The van der Waals surface area contributed by atoms with Gasteiger partial charge in [-0.1, -0.05) is 18.2 Å². The van der Waals surface area contributed by atoms with Gasteiger partial charge in [-0.2, -0.15) is 0 Å². The van der Waals surface area contributed by atoms with Crippen molar-refractivity contribution in [2.75, 3.05) is 19.0 Å². The molecule has 0 spiro atoms. The largest absolute Gasteiger partial charge is 0.465 e.